The standard InChI is InChI=1S/C76H127N5O55/c1-17-38(96)48(106)52(110)71(117-17)133-62-37(81-22(6)95)70(125-31(15-90)61(62)132-73-54(112)50(108)41(99)25(9-84)121-73)136-65-55(113)60(129-67-34(78-19(3)92)44(102)39(97)23(7-82)119-67)30(14-89)126-76(65)134-63-43(101)32(127-74(56(63)114)131-59-29(13-88)123-68(35(46(59)104)79-20(4)93)128-57-27(11-86)118-66(115)33(45(57)103)77-18(2)91)16-116-75-64(51(109)42(100)26(10-85)122-75)135-69-36(80-21(5)94)47(105)58(28(12-87)124-69)130-72-53(111)49(107)40(98)24(8-83)120-72/h17,23-76,82-90,96-115H,7-16H2,1-6H3,(H,77,91)(H,78,92)(H,79,93)(H,80,94)(H,81,95)/t17-,23+,24+,25+,26+,27+,28+,29+,30+,31+,32+,33+,34+,35+,36+,37+,38+,39+,40-,41-,42+,43+,44+,45+,46+,47+,48+,49-,50-,51-,52+,53+,54+,55-,56-,57+,58+,59+,60+,61+,62+,63-,64-,65-,66+,67-,68-,69-,70-,71-,72-,73-,74-,75-,76+/m0/s1. The minimum Gasteiger partial charge on any atom is -0.394 e. The van der Waals surface area contributed by atoms with Gasteiger partial charge in [0.15, 0.2) is 69.2 Å². The van der Waals surface area contributed by atoms with Gasteiger partial charge in [0.25, 0.3) is 0 Å². The summed E-state index contributed by atoms with van der Waals surface area (Å²) in [5, 5.41) is 340. The van der Waals surface area contributed by atoms with Crippen molar-refractivity contribution in [3.63, 3.8) is 0 Å². The highest BCUT2D eigenvalue weighted by atomic mass is 16.8. The van der Waals surface area contributed by atoms with Crippen LogP contribution in [0.4, 0.5) is 0 Å². The highest BCUT2D eigenvalue weighted by Crippen LogP contribution is 2.43. The molecule has 0 saturated carbocycles. The van der Waals surface area contributed by atoms with E-state index in [4.69, 9.17) is 99.5 Å². The fourth-order valence-corrected chi connectivity index (χ4v) is 17.8. The Kier molecular flexibility index (Phi) is 40.1. The normalized spacial score (nSPS) is 49.2. The largest absolute Gasteiger partial charge is 0.394 e. The smallest absolute Gasteiger partial charge is 0.217 e. The number of rotatable bonds is 35. The van der Waals surface area contributed by atoms with Crippen molar-refractivity contribution in [1.82, 2.24) is 26.6 Å². The van der Waals surface area contributed by atoms with Crippen LogP contribution in [0.1, 0.15) is 41.5 Å². The second-order valence-electron chi connectivity index (χ2n) is 34.5. The van der Waals surface area contributed by atoms with Gasteiger partial charge in [-0.2, -0.15) is 0 Å². The Labute approximate surface area is 770 Å². The van der Waals surface area contributed by atoms with E-state index < -0.39 is 433 Å². The lowest BCUT2D eigenvalue weighted by Gasteiger charge is -2.53. The van der Waals surface area contributed by atoms with Crippen molar-refractivity contribution >= 4 is 29.5 Å². The summed E-state index contributed by atoms with van der Waals surface area (Å²) in [6.07, 6.45) is -109. The molecule has 0 aromatic heterocycles. The molecule has 0 aromatic rings. The molecule has 136 heavy (non-hydrogen) atoms. The molecule has 11 saturated heterocycles. The molecule has 0 bridgehead atoms. The van der Waals surface area contributed by atoms with Gasteiger partial charge in [0.1, 0.15) is 262 Å². The predicted octanol–water partition coefficient (Wildman–Crippen LogP) is -23.2. The number of aliphatic hydroxyl groups excluding tert-OH is 29. The first-order valence-electron chi connectivity index (χ1n) is 43.5. The Bertz CT molecular complexity index is 3760. The molecule has 0 radical (unpaired) electrons. The van der Waals surface area contributed by atoms with Gasteiger partial charge in [-0.3, -0.25) is 24.0 Å². The molecular formula is C76H127N5O55. The molecule has 11 fully saturated rings. The van der Waals surface area contributed by atoms with Crippen LogP contribution >= 0.6 is 0 Å². The quantitative estimate of drug-likeness (QED) is 0.0280. The van der Waals surface area contributed by atoms with E-state index in [-0.39, 0.29) is 0 Å². The van der Waals surface area contributed by atoms with Gasteiger partial charge in [0.2, 0.25) is 29.5 Å². The van der Waals surface area contributed by atoms with Crippen LogP contribution in [-0.2, 0) is 123 Å². The Morgan fingerprint density at radius 2 is 0.471 bits per heavy atom. The zero-order chi connectivity index (χ0) is 100. The Hall–Kier alpha value is -4.65. The summed E-state index contributed by atoms with van der Waals surface area (Å²) in [5.41, 5.74) is 0. The van der Waals surface area contributed by atoms with E-state index >= 15 is 0 Å². The van der Waals surface area contributed by atoms with Crippen molar-refractivity contribution < 1.29 is 272 Å². The van der Waals surface area contributed by atoms with E-state index in [1.165, 1.54) is 6.92 Å². The van der Waals surface area contributed by atoms with E-state index in [1.807, 2.05) is 0 Å². The van der Waals surface area contributed by atoms with Crippen LogP contribution in [0.5, 0.6) is 0 Å². The Morgan fingerprint density at radius 3 is 0.897 bits per heavy atom. The molecule has 786 valence electrons. The van der Waals surface area contributed by atoms with E-state index in [9.17, 15) is 172 Å². The molecule has 11 rings (SSSR count). The molecular weight excluding hydrogens is 1860 g/mol. The molecule has 11 aliphatic heterocycles. The number of hydrogen-bond donors (Lipinski definition) is 34. The van der Waals surface area contributed by atoms with E-state index in [0.717, 1.165) is 34.6 Å². The molecule has 11 heterocycles. The van der Waals surface area contributed by atoms with Gasteiger partial charge in [-0.15, -0.1) is 0 Å². The first-order chi connectivity index (χ1) is 64.3. The third-order valence-corrected chi connectivity index (χ3v) is 24.9. The summed E-state index contributed by atoms with van der Waals surface area (Å²) in [7, 11) is 0. The lowest BCUT2D eigenvalue weighted by Crippen LogP contribution is -2.72. The second kappa shape index (κ2) is 48.8. The molecule has 5 amide bonds. The van der Waals surface area contributed by atoms with Crippen LogP contribution in [0.25, 0.3) is 0 Å². The second-order valence-corrected chi connectivity index (χ2v) is 34.5. The number of nitrogens with one attached hydrogen (secondary N) is 5. The summed E-state index contributed by atoms with van der Waals surface area (Å²) in [6.45, 7) is -6.10. The van der Waals surface area contributed by atoms with E-state index in [2.05, 4.69) is 26.6 Å². The lowest BCUT2D eigenvalue weighted by molar-refractivity contribution is -0.409. The average molecular weight is 1990 g/mol. The molecule has 55 atom stereocenters. The van der Waals surface area contributed by atoms with Gasteiger partial charge in [0.05, 0.1) is 72.2 Å². The van der Waals surface area contributed by atoms with Gasteiger partial charge in [-0.25, -0.2) is 0 Å². The summed E-state index contributed by atoms with van der Waals surface area (Å²) in [4.78, 5) is 65.4. The lowest BCUT2D eigenvalue weighted by atomic mass is 9.93. The summed E-state index contributed by atoms with van der Waals surface area (Å²) < 4.78 is 128. The fourth-order valence-electron chi connectivity index (χ4n) is 17.8. The Balaban J connectivity index is 1.01. The molecule has 11 aliphatic rings. The van der Waals surface area contributed by atoms with E-state index in [1.54, 1.807) is 0 Å². The molecule has 34 N–H and O–H groups in total. The number of carbonyl (C=O) groups excluding carboxylic acids is 5. The maximum Gasteiger partial charge on any atom is 0.217 e. The van der Waals surface area contributed by atoms with E-state index in [0.29, 0.717) is 0 Å². The average Bonchev–Trinajstić information content (AvgIpc) is 0.755. The minimum atomic E-state index is -2.76. The highest BCUT2D eigenvalue weighted by Gasteiger charge is 2.64. The van der Waals surface area contributed by atoms with Crippen molar-refractivity contribution in [1.29, 1.82) is 0 Å². The minimum absolute atomic E-state index is 0.829. The first kappa shape index (κ1) is 112. The third-order valence-electron chi connectivity index (χ3n) is 24.9. The topological polar surface area (TPSA) is 926 Å². The molecule has 0 aliphatic carbocycles. The van der Waals surface area contributed by atoms with Crippen LogP contribution < -0.4 is 26.6 Å². The first-order valence-corrected chi connectivity index (χ1v) is 43.5. The third kappa shape index (κ3) is 24.6. The summed E-state index contributed by atoms with van der Waals surface area (Å²) in [6, 6.07) is -9.83. The van der Waals surface area contributed by atoms with Crippen molar-refractivity contribution in [2.75, 3.05) is 66.1 Å². The zero-order valence-corrected chi connectivity index (χ0v) is 73.4. The van der Waals surface area contributed by atoms with Gasteiger partial charge in [-0.1, -0.05) is 0 Å². The maximum atomic E-state index is 13.9. The molecule has 60 heteroatoms. The number of amides is 5. The predicted molar refractivity (Wildman–Crippen MR) is 419 cm³/mol. The fraction of sp³-hybridized carbons (Fsp3) is 0.934. The SMILES string of the molecule is CC(=O)N[C@@H]1[C@@H](O)[C@H](O[C@@H]2O[C@H](CO)[C@@H](O[C@@H]3O[C@H](CO[C@H]4O[C@H](CO)[C@@H](O)[C@H](O)[C@@H]4O[C@@H]4O[C@H](CO)[C@@H](O[C@@H]5O[C@H](CO)[C@H](O)[C@H](O)[C@H]5O)[C@H](O)[C@H]4NC(C)=O)[C@@H](O)[C@H](O[C@H]4O[C@H](CO)[C@@H](O[C@@H]5O[C@H](CO)[C@@H](O)[C@H](O)[C@H]5NC(C)=O)[C@H](O)[C@@H]4O[C@@H]4O[C@H](CO)[C@@H](O[C@@H]5O[C@H](CO)[C@H](O)[C@H](O)[C@H]5O)[C@H](O[C@@H]5O[C@@H](C)[C@@H](O)[C@@H](O)[C@H]5O)[C@H]4NC(C)=O)[C@@H]3O)[C@H](O)[C@H]2NC(C)=O)[C@@H](CO)O[C@H]1O. The van der Waals surface area contributed by atoms with Crippen molar-refractivity contribution in [3.8, 4) is 0 Å². The molecule has 60 nitrogen and oxygen atoms in total. The van der Waals surface area contributed by atoms with Crippen LogP contribution in [0, 0.1) is 0 Å². The zero-order valence-electron chi connectivity index (χ0n) is 73.4. The van der Waals surface area contributed by atoms with Crippen molar-refractivity contribution in [2.45, 2.75) is 379 Å². The van der Waals surface area contributed by atoms with Crippen LogP contribution in [-0.4, -0.2) is 581 Å². The number of carbonyl (C=O) groups is 5. The monoisotopic (exact) mass is 1990 g/mol. The Morgan fingerprint density at radius 1 is 0.206 bits per heavy atom. The maximum absolute atomic E-state index is 13.9. The molecule has 0 spiro atoms. The van der Waals surface area contributed by atoms with Gasteiger partial charge in [-0.05, 0) is 6.92 Å². The van der Waals surface area contributed by atoms with Gasteiger partial charge >= 0.3 is 0 Å². The number of ether oxygens (including phenoxy) is 21. The molecule has 0 unspecified atom stereocenters. The van der Waals surface area contributed by atoms with Crippen LogP contribution in [0.3, 0.4) is 0 Å². The number of hydrogen-bond acceptors (Lipinski definition) is 55. The van der Waals surface area contributed by atoms with Gasteiger partial charge in [0, 0.05) is 34.6 Å². The number of aliphatic hydroxyl groups is 29. The summed E-state index contributed by atoms with van der Waals surface area (Å²) in [5.74, 6) is -4.86. The van der Waals surface area contributed by atoms with Crippen molar-refractivity contribution in [3.05, 3.63) is 0 Å². The van der Waals surface area contributed by atoms with Gasteiger partial charge < -0.3 is 274 Å². The van der Waals surface area contributed by atoms with Crippen LogP contribution in [0.15, 0.2) is 0 Å². The summed E-state index contributed by atoms with van der Waals surface area (Å²) >= 11 is 0. The molecule has 0 aromatic carbocycles. The highest BCUT2D eigenvalue weighted by molar-refractivity contribution is 5.75. The van der Waals surface area contributed by atoms with Crippen molar-refractivity contribution in [2.24, 2.45) is 0 Å². The van der Waals surface area contributed by atoms with Crippen LogP contribution in [0.2, 0.25) is 0 Å².